The topological polar surface area (TPSA) is 40.5 Å². The van der Waals surface area contributed by atoms with E-state index in [1.807, 2.05) is 18.2 Å². The average molecular weight is 416 g/mol. The van der Waals surface area contributed by atoms with Crippen molar-refractivity contribution < 1.29 is 14.3 Å². The van der Waals surface area contributed by atoms with Crippen LogP contribution in [0.5, 0.6) is 0 Å². The number of hydrogen-bond acceptors (Lipinski definition) is 3. The van der Waals surface area contributed by atoms with Crippen LogP contribution in [-0.4, -0.2) is 34.3 Å². The van der Waals surface area contributed by atoms with Crippen LogP contribution in [0.3, 0.4) is 0 Å². The average Bonchev–Trinajstić information content (AvgIpc) is 3.28. The number of halogens is 1. The van der Waals surface area contributed by atoms with E-state index in [9.17, 15) is 14.3 Å². The van der Waals surface area contributed by atoms with Crippen molar-refractivity contribution >= 4 is 17.7 Å². The maximum absolute atomic E-state index is 13.1. The summed E-state index contributed by atoms with van der Waals surface area (Å²) >= 11 is 1.69. The van der Waals surface area contributed by atoms with Gasteiger partial charge in [0.1, 0.15) is 5.82 Å². The van der Waals surface area contributed by atoms with Crippen molar-refractivity contribution in [2.45, 2.75) is 50.7 Å². The molecule has 5 heteroatoms. The third-order valence-electron chi connectivity index (χ3n) is 6.88. The second kappa shape index (κ2) is 8.95. The summed E-state index contributed by atoms with van der Waals surface area (Å²) in [6.07, 6.45) is 11.0. The molecule has 1 aliphatic heterocycles. The van der Waals surface area contributed by atoms with Crippen molar-refractivity contribution in [1.82, 2.24) is 4.90 Å². The molecular formula is C24H30FNO2S. The monoisotopic (exact) mass is 415 g/mol. The van der Waals surface area contributed by atoms with E-state index in [-0.39, 0.29) is 5.82 Å². The molecule has 29 heavy (non-hydrogen) atoms. The molecule has 2 fully saturated rings. The van der Waals surface area contributed by atoms with Crippen LogP contribution in [0.2, 0.25) is 0 Å². The first-order valence-corrected chi connectivity index (χ1v) is 11.7. The molecule has 1 heterocycles. The molecule has 2 saturated carbocycles. The van der Waals surface area contributed by atoms with Gasteiger partial charge in [0.15, 0.2) is 0 Å². The molecule has 3 nitrogen and oxygen atoms in total. The number of fused-ring (bicyclic) bond motifs is 2. The van der Waals surface area contributed by atoms with Gasteiger partial charge in [-0.2, -0.15) is 0 Å². The number of carboxylic acid groups (broad SMARTS) is 1. The summed E-state index contributed by atoms with van der Waals surface area (Å²) in [7, 11) is 0. The van der Waals surface area contributed by atoms with E-state index in [4.69, 9.17) is 0 Å². The number of aliphatic carboxylic acids is 1. The first kappa shape index (κ1) is 20.5. The standard InChI is InChI=1S/C24H30FNO2S/c1-16(4-5-17-6-12-20(25)13-7-17)29-23-21(24(27)28)3-2-14-26(23)15-22-18-8-9-19(22)11-10-18/h2-3,6-7,12-13,16,18-19,22H,4-5,8-11,14-15H2,1H3,(H,27,28). The van der Waals surface area contributed by atoms with Crippen LogP contribution >= 0.6 is 11.8 Å². The minimum absolute atomic E-state index is 0.210. The van der Waals surface area contributed by atoms with Gasteiger partial charge in [-0.25, -0.2) is 9.18 Å². The maximum atomic E-state index is 13.1. The van der Waals surface area contributed by atoms with Crippen LogP contribution < -0.4 is 0 Å². The molecule has 1 unspecified atom stereocenters. The van der Waals surface area contributed by atoms with Gasteiger partial charge in [-0.05, 0) is 80.1 Å². The lowest BCUT2D eigenvalue weighted by Crippen LogP contribution is -2.34. The molecule has 0 spiro atoms. The quantitative estimate of drug-likeness (QED) is 0.610. The second-order valence-corrected chi connectivity index (χ2v) is 10.2. The third kappa shape index (κ3) is 4.71. The van der Waals surface area contributed by atoms with E-state index in [0.29, 0.717) is 10.8 Å². The molecule has 1 aromatic carbocycles. The third-order valence-corrected chi connectivity index (χ3v) is 8.22. The van der Waals surface area contributed by atoms with Crippen LogP contribution in [0, 0.1) is 23.6 Å². The summed E-state index contributed by atoms with van der Waals surface area (Å²) in [5.41, 5.74) is 1.55. The Morgan fingerprint density at radius 2 is 1.86 bits per heavy atom. The number of benzene rings is 1. The Hall–Kier alpha value is -1.75. The van der Waals surface area contributed by atoms with Crippen molar-refractivity contribution in [1.29, 1.82) is 0 Å². The van der Waals surface area contributed by atoms with E-state index < -0.39 is 5.97 Å². The van der Waals surface area contributed by atoms with Gasteiger partial charge in [0.2, 0.25) is 0 Å². The summed E-state index contributed by atoms with van der Waals surface area (Å²) in [5.74, 6) is 1.34. The molecule has 1 aromatic rings. The minimum Gasteiger partial charge on any atom is -0.478 e. The van der Waals surface area contributed by atoms with Gasteiger partial charge in [-0.15, -0.1) is 11.8 Å². The van der Waals surface area contributed by atoms with Crippen LogP contribution in [-0.2, 0) is 11.2 Å². The largest absolute Gasteiger partial charge is 0.478 e. The lowest BCUT2D eigenvalue weighted by atomic mass is 9.97. The van der Waals surface area contributed by atoms with Crippen molar-refractivity contribution in [2.75, 3.05) is 13.1 Å². The van der Waals surface area contributed by atoms with E-state index in [1.54, 1.807) is 17.8 Å². The zero-order valence-electron chi connectivity index (χ0n) is 17.0. The molecular weight excluding hydrogens is 385 g/mol. The minimum atomic E-state index is -0.839. The molecule has 3 aliphatic rings. The van der Waals surface area contributed by atoms with E-state index in [0.717, 1.165) is 54.3 Å². The fourth-order valence-electron chi connectivity index (χ4n) is 5.29. The highest BCUT2D eigenvalue weighted by molar-refractivity contribution is 8.03. The normalized spacial score (nSPS) is 27.0. The molecule has 0 radical (unpaired) electrons. The summed E-state index contributed by atoms with van der Waals surface area (Å²) in [5, 5.41) is 11.0. The van der Waals surface area contributed by atoms with E-state index >= 15 is 0 Å². The van der Waals surface area contributed by atoms with Gasteiger partial charge in [0.25, 0.3) is 0 Å². The molecule has 2 aliphatic carbocycles. The molecule has 4 rings (SSSR count). The number of aryl methyl sites for hydroxylation is 1. The van der Waals surface area contributed by atoms with Crippen molar-refractivity contribution in [3.8, 4) is 0 Å². The fraction of sp³-hybridized carbons (Fsp3) is 0.542. The second-order valence-electron chi connectivity index (χ2n) is 8.76. The maximum Gasteiger partial charge on any atom is 0.338 e. The molecule has 0 aromatic heterocycles. The summed E-state index contributed by atoms with van der Waals surface area (Å²) in [6, 6.07) is 6.67. The highest BCUT2D eigenvalue weighted by atomic mass is 32.2. The Morgan fingerprint density at radius 3 is 2.48 bits per heavy atom. The van der Waals surface area contributed by atoms with Crippen LogP contribution in [0.25, 0.3) is 0 Å². The zero-order chi connectivity index (χ0) is 20.4. The molecule has 0 amide bonds. The van der Waals surface area contributed by atoms with Gasteiger partial charge < -0.3 is 10.0 Å². The van der Waals surface area contributed by atoms with Crippen LogP contribution in [0.15, 0.2) is 47.0 Å². The first-order chi connectivity index (χ1) is 14.0. The Kier molecular flexibility index (Phi) is 6.33. The smallest absolute Gasteiger partial charge is 0.338 e. The molecule has 1 N–H and O–H groups in total. The van der Waals surface area contributed by atoms with Crippen LogP contribution in [0.1, 0.15) is 44.6 Å². The van der Waals surface area contributed by atoms with Crippen molar-refractivity contribution in [3.63, 3.8) is 0 Å². The SMILES string of the molecule is CC(CCc1ccc(F)cc1)SC1=C(C(=O)O)C=CCN1CC1C2CCC1CC2. The van der Waals surface area contributed by atoms with Crippen molar-refractivity contribution in [3.05, 3.63) is 58.4 Å². The Balaban J connectivity index is 1.43. The Labute approximate surface area is 177 Å². The summed E-state index contributed by atoms with van der Waals surface area (Å²) < 4.78 is 13.1. The van der Waals surface area contributed by atoms with Gasteiger partial charge in [0.05, 0.1) is 10.6 Å². The Morgan fingerprint density at radius 1 is 1.21 bits per heavy atom. The van der Waals surface area contributed by atoms with E-state index in [2.05, 4.69) is 11.8 Å². The number of hydrogen-bond donors (Lipinski definition) is 1. The van der Waals surface area contributed by atoms with Crippen LogP contribution in [0.4, 0.5) is 4.39 Å². The summed E-state index contributed by atoms with van der Waals surface area (Å²) in [4.78, 5) is 14.2. The molecule has 2 bridgehead atoms. The fourth-order valence-corrected chi connectivity index (χ4v) is 6.49. The number of rotatable bonds is 8. The number of thioether (sulfide) groups is 1. The summed E-state index contributed by atoms with van der Waals surface area (Å²) in [6.45, 7) is 3.96. The number of carbonyl (C=O) groups is 1. The van der Waals surface area contributed by atoms with Gasteiger partial charge >= 0.3 is 5.97 Å². The number of nitrogens with zero attached hydrogens (tertiary/aromatic N) is 1. The molecule has 0 saturated heterocycles. The molecule has 156 valence electrons. The highest BCUT2D eigenvalue weighted by Gasteiger charge is 2.42. The van der Waals surface area contributed by atoms with Gasteiger partial charge in [-0.3, -0.25) is 0 Å². The lowest BCUT2D eigenvalue weighted by molar-refractivity contribution is -0.132. The zero-order valence-corrected chi connectivity index (χ0v) is 17.8. The van der Waals surface area contributed by atoms with Crippen molar-refractivity contribution in [2.24, 2.45) is 17.8 Å². The number of carboxylic acids is 1. The lowest BCUT2D eigenvalue weighted by Gasteiger charge is -2.34. The molecule has 1 atom stereocenters. The first-order valence-electron chi connectivity index (χ1n) is 10.8. The van der Waals surface area contributed by atoms with E-state index in [1.165, 1.54) is 37.8 Å². The van der Waals surface area contributed by atoms with Gasteiger partial charge in [0, 0.05) is 18.3 Å². The predicted molar refractivity (Wildman–Crippen MR) is 116 cm³/mol. The highest BCUT2D eigenvalue weighted by Crippen LogP contribution is 2.50. The Bertz CT molecular complexity index is 784. The van der Waals surface area contributed by atoms with Gasteiger partial charge in [-0.1, -0.05) is 25.1 Å². The predicted octanol–water partition coefficient (Wildman–Crippen LogP) is 5.48.